The number of anilines is 1. The second kappa shape index (κ2) is 8.89. The molecule has 3 aromatic rings. The summed E-state index contributed by atoms with van der Waals surface area (Å²) in [5, 5.41) is 0. The number of nitrogens with zero attached hydrogens (tertiary/aromatic N) is 2. The molecule has 6 nitrogen and oxygen atoms in total. The predicted octanol–water partition coefficient (Wildman–Crippen LogP) is 4.62. The molecule has 1 heterocycles. The van der Waals surface area contributed by atoms with Crippen molar-refractivity contribution in [2.45, 2.75) is 6.92 Å². The van der Waals surface area contributed by atoms with Gasteiger partial charge in [-0.3, -0.25) is 9.69 Å². The smallest absolute Gasteiger partial charge is 0.337 e. The standard InChI is InChI=1S/C26H22N2O4/c1-17-5-4-6-20(15-17)24-27-23(16-18-7-9-19(10-8-18)26(30)32-3)25(29)28(24)21-11-13-22(31-2)14-12-21/h4-16H,1-3H3/b23-16+. The number of methoxy groups -OCH3 is 2. The minimum Gasteiger partial charge on any atom is -0.497 e. The van der Waals surface area contributed by atoms with E-state index in [9.17, 15) is 9.59 Å². The van der Waals surface area contributed by atoms with Crippen LogP contribution in [0, 0.1) is 6.92 Å². The van der Waals surface area contributed by atoms with Crippen LogP contribution in [0.5, 0.6) is 5.75 Å². The second-order valence-corrected chi connectivity index (χ2v) is 7.29. The highest BCUT2D eigenvalue weighted by Gasteiger charge is 2.32. The number of hydrogen-bond donors (Lipinski definition) is 0. The maximum absolute atomic E-state index is 13.4. The lowest BCUT2D eigenvalue weighted by atomic mass is 10.1. The zero-order valence-corrected chi connectivity index (χ0v) is 18.0. The third kappa shape index (κ3) is 4.16. The van der Waals surface area contributed by atoms with Crippen LogP contribution >= 0.6 is 0 Å². The zero-order chi connectivity index (χ0) is 22.7. The number of hydrogen-bond acceptors (Lipinski definition) is 5. The topological polar surface area (TPSA) is 68.2 Å². The van der Waals surface area contributed by atoms with E-state index in [0.717, 1.165) is 16.7 Å². The van der Waals surface area contributed by atoms with Crippen molar-refractivity contribution in [1.82, 2.24) is 0 Å². The molecule has 0 aromatic heterocycles. The normalized spacial score (nSPS) is 14.5. The largest absolute Gasteiger partial charge is 0.497 e. The average molecular weight is 426 g/mol. The molecule has 0 atom stereocenters. The van der Waals surface area contributed by atoms with Crippen LogP contribution in [0.4, 0.5) is 5.69 Å². The first-order valence-electron chi connectivity index (χ1n) is 10.0. The van der Waals surface area contributed by atoms with Crippen molar-refractivity contribution in [2.75, 3.05) is 19.1 Å². The summed E-state index contributed by atoms with van der Waals surface area (Å²) >= 11 is 0. The highest BCUT2D eigenvalue weighted by Crippen LogP contribution is 2.29. The van der Waals surface area contributed by atoms with E-state index in [0.29, 0.717) is 28.5 Å². The van der Waals surface area contributed by atoms with E-state index in [4.69, 9.17) is 9.47 Å². The van der Waals surface area contributed by atoms with Gasteiger partial charge in [0.25, 0.3) is 5.91 Å². The molecule has 32 heavy (non-hydrogen) atoms. The summed E-state index contributed by atoms with van der Waals surface area (Å²) in [6, 6.07) is 22.0. The van der Waals surface area contributed by atoms with Crippen molar-refractivity contribution in [1.29, 1.82) is 0 Å². The Labute approximate surface area is 186 Å². The van der Waals surface area contributed by atoms with E-state index < -0.39 is 5.97 Å². The molecule has 1 amide bonds. The molecule has 1 aliphatic rings. The number of carbonyl (C=O) groups excluding carboxylic acids is 2. The quantitative estimate of drug-likeness (QED) is 0.441. The molecule has 0 bridgehead atoms. The van der Waals surface area contributed by atoms with Gasteiger partial charge < -0.3 is 9.47 Å². The summed E-state index contributed by atoms with van der Waals surface area (Å²) in [6.07, 6.45) is 1.71. The highest BCUT2D eigenvalue weighted by atomic mass is 16.5. The predicted molar refractivity (Wildman–Crippen MR) is 124 cm³/mol. The lowest BCUT2D eigenvalue weighted by Crippen LogP contribution is -2.32. The minimum atomic E-state index is -0.411. The third-order valence-electron chi connectivity index (χ3n) is 5.10. The molecule has 160 valence electrons. The van der Waals surface area contributed by atoms with Gasteiger partial charge in [0.1, 0.15) is 17.3 Å². The number of rotatable bonds is 5. The molecule has 0 unspecified atom stereocenters. The lowest BCUT2D eigenvalue weighted by molar-refractivity contribution is -0.113. The molecule has 3 aromatic carbocycles. The van der Waals surface area contributed by atoms with Gasteiger partial charge in [-0.1, -0.05) is 35.9 Å². The summed E-state index contributed by atoms with van der Waals surface area (Å²) in [4.78, 5) is 31.3. The molecule has 0 radical (unpaired) electrons. The fourth-order valence-corrected chi connectivity index (χ4v) is 3.46. The van der Waals surface area contributed by atoms with Crippen molar-refractivity contribution < 1.29 is 19.1 Å². The van der Waals surface area contributed by atoms with E-state index in [1.165, 1.54) is 7.11 Å². The Morgan fingerprint density at radius 2 is 1.69 bits per heavy atom. The fraction of sp³-hybridized carbons (Fsp3) is 0.115. The first kappa shape index (κ1) is 21.1. The fourth-order valence-electron chi connectivity index (χ4n) is 3.46. The molecule has 0 saturated carbocycles. The Hall–Kier alpha value is -4.19. The van der Waals surface area contributed by atoms with Gasteiger partial charge in [-0.15, -0.1) is 0 Å². The first-order chi connectivity index (χ1) is 15.5. The van der Waals surface area contributed by atoms with Crippen molar-refractivity contribution >= 4 is 29.5 Å². The molecule has 6 heteroatoms. The maximum atomic E-state index is 13.4. The van der Waals surface area contributed by atoms with E-state index >= 15 is 0 Å². The van der Waals surface area contributed by atoms with Crippen LogP contribution in [-0.2, 0) is 9.53 Å². The van der Waals surface area contributed by atoms with Gasteiger partial charge in [0.2, 0.25) is 0 Å². The van der Waals surface area contributed by atoms with Gasteiger partial charge in [-0.2, -0.15) is 0 Å². The van der Waals surface area contributed by atoms with Gasteiger partial charge in [0, 0.05) is 5.56 Å². The van der Waals surface area contributed by atoms with Gasteiger partial charge in [-0.25, -0.2) is 9.79 Å². The second-order valence-electron chi connectivity index (χ2n) is 7.29. The van der Waals surface area contributed by atoms with Crippen LogP contribution in [0.25, 0.3) is 6.08 Å². The Morgan fingerprint density at radius 3 is 2.31 bits per heavy atom. The third-order valence-corrected chi connectivity index (χ3v) is 5.10. The lowest BCUT2D eigenvalue weighted by Gasteiger charge is -2.19. The molecule has 0 aliphatic carbocycles. The number of amides is 1. The number of aliphatic imine (C=N–C) groups is 1. The summed E-state index contributed by atoms with van der Waals surface area (Å²) in [7, 11) is 2.94. The van der Waals surface area contributed by atoms with Crippen LogP contribution in [-0.4, -0.2) is 31.9 Å². The molecule has 0 spiro atoms. The highest BCUT2D eigenvalue weighted by molar-refractivity contribution is 6.33. The zero-order valence-electron chi connectivity index (χ0n) is 18.0. The monoisotopic (exact) mass is 426 g/mol. The van der Waals surface area contributed by atoms with Crippen molar-refractivity contribution in [3.63, 3.8) is 0 Å². The number of benzene rings is 3. The molecule has 0 saturated heterocycles. The summed E-state index contributed by atoms with van der Waals surface area (Å²) in [5.74, 6) is 0.618. The first-order valence-corrected chi connectivity index (χ1v) is 10.0. The minimum absolute atomic E-state index is 0.233. The van der Waals surface area contributed by atoms with Crippen molar-refractivity contribution in [3.05, 3.63) is 101 Å². The summed E-state index contributed by atoms with van der Waals surface area (Å²) < 4.78 is 9.98. The number of carbonyl (C=O) groups is 2. The van der Waals surface area contributed by atoms with E-state index in [-0.39, 0.29) is 5.91 Å². The van der Waals surface area contributed by atoms with E-state index in [2.05, 4.69) is 4.99 Å². The van der Waals surface area contributed by atoms with Crippen molar-refractivity contribution in [2.24, 2.45) is 4.99 Å². The molecular weight excluding hydrogens is 404 g/mol. The van der Waals surface area contributed by atoms with Crippen LogP contribution in [0.2, 0.25) is 0 Å². The Bertz CT molecular complexity index is 1230. The number of amidine groups is 1. The Balaban J connectivity index is 1.75. The van der Waals surface area contributed by atoms with E-state index in [1.807, 2.05) is 55.5 Å². The van der Waals surface area contributed by atoms with Crippen LogP contribution in [0.3, 0.4) is 0 Å². The van der Waals surface area contributed by atoms with Crippen LogP contribution in [0.1, 0.15) is 27.0 Å². The average Bonchev–Trinajstić information content (AvgIpc) is 3.15. The molecule has 1 aliphatic heterocycles. The van der Waals surface area contributed by atoms with E-state index in [1.54, 1.807) is 42.4 Å². The maximum Gasteiger partial charge on any atom is 0.337 e. The van der Waals surface area contributed by atoms with Crippen LogP contribution < -0.4 is 9.64 Å². The number of ether oxygens (including phenoxy) is 2. The summed E-state index contributed by atoms with van der Waals surface area (Å²) in [6.45, 7) is 2.00. The molecule has 0 fully saturated rings. The van der Waals surface area contributed by atoms with Crippen LogP contribution in [0.15, 0.2) is 83.5 Å². The Morgan fingerprint density at radius 1 is 0.969 bits per heavy atom. The van der Waals surface area contributed by atoms with Gasteiger partial charge in [0.15, 0.2) is 0 Å². The Kier molecular flexibility index (Phi) is 5.85. The SMILES string of the molecule is COC(=O)c1ccc(/C=C2/N=C(c3cccc(C)c3)N(c3ccc(OC)cc3)C2=O)cc1. The number of aryl methyl sites for hydroxylation is 1. The van der Waals surface area contributed by atoms with Gasteiger partial charge in [0.05, 0.1) is 25.5 Å². The summed E-state index contributed by atoms with van der Waals surface area (Å²) in [5.41, 5.74) is 4.12. The molecular formula is C26H22N2O4. The van der Waals surface area contributed by atoms with Gasteiger partial charge in [-0.05, 0) is 61.0 Å². The van der Waals surface area contributed by atoms with Crippen molar-refractivity contribution in [3.8, 4) is 5.75 Å². The molecule has 4 rings (SSSR count). The van der Waals surface area contributed by atoms with Gasteiger partial charge >= 0.3 is 5.97 Å². The molecule has 0 N–H and O–H groups in total. The number of esters is 1.